The van der Waals surface area contributed by atoms with Crippen LogP contribution >= 0.6 is 0 Å². The van der Waals surface area contributed by atoms with E-state index in [1.165, 1.54) is 18.2 Å². The maximum atomic E-state index is 13.9. The third-order valence-corrected chi connectivity index (χ3v) is 9.56. The quantitative estimate of drug-likeness (QED) is 0.493. The molecule has 190 valence electrons. The predicted molar refractivity (Wildman–Crippen MR) is 123 cm³/mol. The molecule has 0 aliphatic heterocycles. The predicted octanol–water partition coefficient (Wildman–Crippen LogP) is 2.96. The number of aliphatic hydroxyl groups is 2. The molecular formula is C24H27F3N2O5S. The molecule has 1 amide bonds. The lowest BCUT2D eigenvalue weighted by atomic mass is 9.85. The SMILES string of the molecule is CN(C)c1ccc(C(=O)Nc2cc(F)c(F)c(F)c2)cc1S(=O)(=O)[C@@H]1C2CCC1[C@@H]([C@@H](O)CO)C2. The maximum Gasteiger partial charge on any atom is 0.255 e. The zero-order valence-corrected chi connectivity index (χ0v) is 20.0. The van der Waals surface area contributed by atoms with E-state index in [0.29, 0.717) is 37.1 Å². The average molecular weight is 513 g/mol. The van der Waals surface area contributed by atoms with Crippen molar-refractivity contribution in [1.29, 1.82) is 0 Å². The van der Waals surface area contributed by atoms with E-state index in [0.717, 1.165) is 0 Å². The minimum absolute atomic E-state index is 0.0587. The second-order valence-corrected chi connectivity index (χ2v) is 11.5. The number of hydrogen-bond donors (Lipinski definition) is 3. The molecule has 0 aromatic heterocycles. The molecule has 2 bridgehead atoms. The van der Waals surface area contributed by atoms with Gasteiger partial charge in [-0.2, -0.15) is 0 Å². The second kappa shape index (κ2) is 9.44. The summed E-state index contributed by atoms with van der Waals surface area (Å²) in [7, 11) is -0.624. The highest BCUT2D eigenvalue weighted by atomic mass is 32.2. The smallest absolute Gasteiger partial charge is 0.255 e. The van der Waals surface area contributed by atoms with Crippen LogP contribution in [0.2, 0.25) is 0 Å². The number of amides is 1. The highest BCUT2D eigenvalue weighted by Crippen LogP contribution is 2.54. The van der Waals surface area contributed by atoms with E-state index in [9.17, 15) is 36.6 Å². The first-order valence-electron chi connectivity index (χ1n) is 11.3. The zero-order chi connectivity index (χ0) is 25.7. The Labute approximate surface area is 201 Å². The lowest BCUT2D eigenvalue weighted by Gasteiger charge is -2.26. The van der Waals surface area contributed by atoms with Crippen molar-refractivity contribution in [3.8, 4) is 0 Å². The lowest BCUT2D eigenvalue weighted by Crippen LogP contribution is -2.33. The molecule has 2 fully saturated rings. The van der Waals surface area contributed by atoms with Gasteiger partial charge in [0.2, 0.25) is 0 Å². The first-order chi connectivity index (χ1) is 16.4. The van der Waals surface area contributed by atoms with Crippen molar-refractivity contribution in [2.45, 2.75) is 35.5 Å². The van der Waals surface area contributed by atoms with Gasteiger partial charge >= 0.3 is 0 Å². The number of carbonyl (C=O) groups excluding carboxylic acids is 1. The summed E-state index contributed by atoms with van der Waals surface area (Å²) >= 11 is 0. The van der Waals surface area contributed by atoms with E-state index in [-0.39, 0.29) is 33.9 Å². The Kier molecular flexibility index (Phi) is 6.87. The van der Waals surface area contributed by atoms with Gasteiger partial charge in [0.15, 0.2) is 27.3 Å². The summed E-state index contributed by atoms with van der Waals surface area (Å²) in [6.07, 6.45) is 0.817. The molecule has 2 saturated carbocycles. The number of halogens is 3. The van der Waals surface area contributed by atoms with Gasteiger partial charge in [-0.05, 0) is 55.2 Å². The molecular weight excluding hydrogens is 485 g/mol. The molecule has 2 aromatic rings. The second-order valence-electron chi connectivity index (χ2n) is 9.45. The molecule has 0 spiro atoms. The third-order valence-electron chi connectivity index (χ3n) is 7.17. The number of nitrogens with one attached hydrogen (secondary N) is 1. The minimum Gasteiger partial charge on any atom is -0.394 e. The number of anilines is 2. The topological polar surface area (TPSA) is 107 Å². The summed E-state index contributed by atoms with van der Waals surface area (Å²) < 4.78 is 68.1. The van der Waals surface area contributed by atoms with E-state index >= 15 is 0 Å². The van der Waals surface area contributed by atoms with Gasteiger partial charge in [0.25, 0.3) is 5.91 Å². The third kappa shape index (κ3) is 4.52. The molecule has 0 heterocycles. The van der Waals surface area contributed by atoms with E-state index in [1.54, 1.807) is 19.0 Å². The van der Waals surface area contributed by atoms with Gasteiger partial charge in [0.1, 0.15) is 0 Å². The van der Waals surface area contributed by atoms with E-state index in [4.69, 9.17) is 0 Å². The fourth-order valence-electron chi connectivity index (χ4n) is 5.61. The zero-order valence-electron chi connectivity index (χ0n) is 19.2. The molecule has 2 unspecified atom stereocenters. The molecule has 2 aliphatic rings. The Balaban J connectivity index is 1.69. The van der Waals surface area contributed by atoms with Crippen LogP contribution in [0.25, 0.3) is 0 Å². The van der Waals surface area contributed by atoms with Gasteiger partial charge < -0.3 is 20.4 Å². The van der Waals surface area contributed by atoms with Crippen molar-refractivity contribution in [2.75, 3.05) is 30.9 Å². The van der Waals surface area contributed by atoms with E-state index < -0.39 is 51.2 Å². The normalized spacial score (nSPS) is 24.4. The fourth-order valence-corrected chi connectivity index (χ4v) is 8.29. The Morgan fingerprint density at radius 1 is 1.14 bits per heavy atom. The van der Waals surface area contributed by atoms with Crippen LogP contribution in [0.5, 0.6) is 0 Å². The Morgan fingerprint density at radius 2 is 1.80 bits per heavy atom. The average Bonchev–Trinajstić information content (AvgIpc) is 3.41. The van der Waals surface area contributed by atoms with Crippen LogP contribution in [-0.4, -0.2) is 56.6 Å². The lowest BCUT2D eigenvalue weighted by molar-refractivity contribution is 0.0253. The van der Waals surface area contributed by atoms with Crippen LogP contribution < -0.4 is 10.2 Å². The van der Waals surface area contributed by atoms with Gasteiger partial charge in [-0.15, -0.1) is 0 Å². The number of rotatable bonds is 7. The summed E-state index contributed by atoms with van der Waals surface area (Å²) in [5.41, 5.74) is -0.00950. The molecule has 0 radical (unpaired) electrons. The van der Waals surface area contributed by atoms with Crippen molar-refractivity contribution >= 4 is 27.1 Å². The van der Waals surface area contributed by atoms with Crippen molar-refractivity contribution in [1.82, 2.24) is 0 Å². The van der Waals surface area contributed by atoms with Crippen LogP contribution in [0.1, 0.15) is 29.6 Å². The van der Waals surface area contributed by atoms with Crippen molar-refractivity contribution in [2.24, 2.45) is 17.8 Å². The Morgan fingerprint density at radius 3 is 2.40 bits per heavy atom. The van der Waals surface area contributed by atoms with Gasteiger partial charge in [-0.1, -0.05) is 0 Å². The Hall–Kier alpha value is -2.63. The first kappa shape index (κ1) is 25.5. The molecule has 4 rings (SSSR count). The van der Waals surface area contributed by atoms with E-state index in [1.807, 2.05) is 0 Å². The molecule has 2 aromatic carbocycles. The maximum absolute atomic E-state index is 13.9. The van der Waals surface area contributed by atoms with E-state index in [2.05, 4.69) is 5.32 Å². The van der Waals surface area contributed by atoms with Crippen LogP contribution in [0.15, 0.2) is 35.2 Å². The monoisotopic (exact) mass is 512 g/mol. The summed E-state index contributed by atoms with van der Waals surface area (Å²) in [4.78, 5) is 14.4. The van der Waals surface area contributed by atoms with Crippen LogP contribution in [0.4, 0.5) is 24.5 Å². The van der Waals surface area contributed by atoms with Gasteiger partial charge in [-0.3, -0.25) is 4.79 Å². The van der Waals surface area contributed by atoms with Gasteiger partial charge in [0.05, 0.1) is 28.5 Å². The molecule has 11 heteroatoms. The van der Waals surface area contributed by atoms with Crippen molar-refractivity contribution in [3.05, 3.63) is 53.3 Å². The minimum atomic E-state index is -3.96. The summed E-state index contributed by atoms with van der Waals surface area (Å²) in [6.45, 7) is -0.441. The van der Waals surface area contributed by atoms with Crippen LogP contribution in [0, 0.1) is 35.2 Å². The van der Waals surface area contributed by atoms with Crippen molar-refractivity contribution < 1.29 is 36.6 Å². The summed E-state index contributed by atoms with van der Waals surface area (Å²) in [5.74, 6) is -6.23. The highest BCUT2D eigenvalue weighted by Gasteiger charge is 2.56. The number of aliphatic hydroxyl groups excluding tert-OH is 2. The van der Waals surface area contributed by atoms with Crippen LogP contribution in [-0.2, 0) is 9.84 Å². The van der Waals surface area contributed by atoms with Gasteiger partial charge in [-0.25, -0.2) is 21.6 Å². The number of benzene rings is 2. The van der Waals surface area contributed by atoms with Crippen molar-refractivity contribution in [3.63, 3.8) is 0 Å². The number of carbonyl (C=O) groups is 1. The number of nitrogens with zero attached hydrogens (tertiary/aromatic N) is 1. The molecule has 7 nitrogen and oxygen atoms in total. The van der Waals surface area contributed by atoms with Gasteiger partial charge in [0, 0.05) is 37.5 Å². The molecule has 3 N–H and O–H groups in total. The molecule has 0 saturated heterocycles. The largest absolute Gasteiger partial charge is 0.394 e. The molecule has 5 atom stereocenters. The number of sulfone groups is 1. The summed E-state index contributed by atoms with van der Waals surface area (Å²) in [5, 5.41) is 21.1. The first-order valence-corrected chi connectivity index (χ1v) is 12.8. The Bertz CT molecular complexity index is 1230. The highest BCUT2D eigenvalue weighted by molar-refractivity contribution is 7.92. The van der Waals surface area contributed by atoms with Crippen LogP contribution in [0.3, 0.4) is 0 Å². The molecule has 2 aliphatic carbocycles. The fraction of sp³-hybridized carbons (Fsp3) is 0.458. The molecule has 35 heavy (non-hydrogen) atoms. The number of hydrogen-bond acceptors (Lipinski definition) is 6. The summed E-state index contributed by atoms with van der Waals surface area (Å²) in [6, 6.07) is 5.35. The number of fused-ring (bicyclic) bond motifs is 2. The standard InChI is InChI=1S/C24H27F3N2O5S/c1-29(2)19-6-4-13(24(32)28-14-9-17(25)22(27)18(26)10-14)8-21(19)35(33,34)23-12-3-5-15(23)16(7-12)20(31)11-30/h4,6,8-10,12,15-16,20,23,30-31H,3,5,7,11H2,1-2H3,(H,28,32)/t12?,15?,16-,20-,23+/m0/s1.